The number of hydrogen-bond acceptors (Lipinski definition) is 0. The molecule has 2 aromatic carbocycles. The molecular formula is C19H13. The van der Waals surface area contributed by atoms with E-state index in [0.717, 1.165) is 0 Å². The molecule has 19 heavy (non-hydrogen) atoms. The van der Waals surface area contributed by atoms with E-state index in [1.807, 2.05) is 6.07 Å². The Hall–Kier alpha value is -2.34. The summed E-state index contributed by atoms with van der Waals surface area (Å²) in [5, 5.41) is 0. The third kappa shape index (κ3) is 1.68. The molecule has 0 aliphatic heterocycles. The summed E-state index contributed by atoms with van der Waals surface area (Å²) >= 11 is 0. The van der Waals surface area contributed by atoms with Gasteiger partial charge < -0.3 is 0 Å². The molecule has 0 amide bonds. The summed E-state index contributed by atoms with van der Waals surface area (Å²) in [6.45, 7) is 0. The minimum atomic E-state index is 0.432. The number of allylic oxidation sites excluding steroid dienone is 5. The Balaban J connectivity index is 1.83. The molecule has 0 bridgehead atoms. The van der Waals surface area contributed by atoms with Gasteiger partial charge in [-0.15, -0.1) is 0 Å². The first kappa shape index (κ1) is 10.6. The van der Waals surface area contributed by atoms with Gasteiger partial charge in [0.2, 0.25) is 0 Å². The van der Waals surface area contributed by atoms with Crippen molar-refractivity contribution in [3.05, 3.63) is 89.5 Å². The summed E-state index contributed by atoms with van der Waals surface area (Å²) in [7, 11) is 0. The molecule has 4 rings (SSSR count). The molecule has 89 valence electrons. The van der Waals surface area contributed by atoms with Crippen LogP contribution in [0.3, 0.4) is 0 Å². The van der Waals surface area contributed by atoms with E-state index in [2.05, 4.69) is 72.8 Å². The molecule has 0 N–H and O–H groups in total. The highest BCUT2D eigenvalue weighted by atomic mass is 14.3. The molecular weight excluding hydrogens is 228 g/mol. The van der Waals surface area contributed by atoms with Crippen LogP contribution in [0.25, 0.3) is 17.2 Å². The van der Waals surface area contributed by atoms with E-state index in [9.17, 15) is 0 Å². The highest BCUT2D eigenvalue weighted by Crippen LogP contribution is 2.40. The number of hydrogen-bond donors (Lipinski definition) is 0. The van der Waals surface area contributed by atoms with Crippen LogP contribution in [0, 0.1) is 6.07 Å². The SMILES string of the molecule is [c]1c(-c2ccccc2)ccc2c1C=C1C=CC=CC12. The zero-order valence-corrected chi connectivity index (χ0v) is 10.5. The van der Waals surface area contributed by atoms with E-state index >= 15 is 0 Å². The topological polar surface area (TPSA) is 0 Å². The van der Waals surface area contributed by atoms with Crippen molar-refractivity contribution in [1.29, 1.82) is 0 Å². The van der Waals surface area contributed by atoms with Crippen LogP contribution in [0.2, 0.25) is 0 Å². The number of benzene rings is 2. The van der Waals surface area contributed by atoms with Crippen molar-refractivity contribution in [1.82, 2.24) is 0 Å². The molecule has 0 heterocycles. The largest absolute Gasteiger partial charge is 0.0726 e. The van der Waals surface area contributed by atoms with Crippen molar-refractivity contribution in [3.8, 4) is 11.1 Å². The summed E-state index contributed by atoms with van der Waals surface area (Å²) in [6.07, 6.45) is 10.9. The highest BCUT2D eigenvalue weighted by molar-refractivity contribution is 5.76. The second-order valence-electron chi connectivity index (χ2n) is 4.97. The second kappa shape index (κ2) is 4.10. The van der Waals surface area contributed by atoms with Gasteiger partial charge in [-0.05, 0) is 40.0 Å². The van der Waals surface area contributed by atoms with Crippen molar-refractivity contribution in [3.63, 3.8) is 0 Å². The lowest BCUT2D eigenvalue weighted by molar-refractivity contribution is 1.05. The van der Waals surface area contributed by atoms with Crippen LogP contribution < -0.4 is 0 Å². The van der Waals surface area contributed by atoms with Crippen molar-refractivity contribution in [2.45, 2.75) is 5.92 Å². The van der Waals surface area contributed by atoms with Crippen LogP contribution in [0.15, 0.2) is 72.3 Å². The molecule has 0 spiro atoms. The molecule has 1 atom stereocenters. The average molecular weight is 241 g/mol. The Labute approximate surface area is 113 Å². The molecule has 0 aromatic heterocycles. The van der Waals surface area contributed by atoms with Crippen molar-refractivity contribution in [2.75, 3.05) is 0 Å². The van der Waals surface area contributed by atoms with Gasteiger partial charge in [0.15, 0.2) is 0 Å². The minimum absolute atomic E-state index is 0.432. The standard InChI is InChI=1S/C19H13/c1-2-6-14(7-3-1)15-10-11-19-17(12-15)13-16-8-4-5-9-18(16)19/h1-11,13,18H. The third-order valence-electron chi connectivity index (χ3n) is 3.80. The van der Waals surface area contributed by atoms with Gasteiger partial charge in [0.25, 0.3) is 0 Å². The van der Waals surface area contributed by atoms with E-state index in [0.29, 0.717) is 5.92 Å². The first-order chi connectivity index (χ1) is 9.42. The predicted molar refractivity (Wildman–Crippen MR) is 79.7 cm³/mol. The molecule has 0 saturated carbocycles. The highest BCUT2D eigenvalue weighted by Gasteiger charge is 2.22. The number of rotatable bonds is 1. The monoisotopic (exact) mass is 241 g/mol. The molecule has 1 radical (unpaired) electrons. The maximum absolute atomic E-state index is 3.55. The van der Waals surface area contributed by atoms with E-state index < -0.39 is 0 Å². The van der Waals surface area contributed by atoms with Crippen LogP contribution in [-0.4, -0.2) is 0 Å². The Kier molecular flexibility index (Phi) is 2.28. The van der Waals surface area contributed by atoms with Gasteiger partial charge in [-0.2, -0.15) is 0 Å². The Morgan fingerprint density at radius 2 is 1.79 bits per heavy atom. The fraction of sp³-hybridized carbons (Fsp3) is 0.0526. The second-order valence-corrected chi connectivity index (χ2v) is 4.97. The van der Waals surface area contributed by atoms with E-state index in [-0.39, 0.29) is 0 Å². The average Bonchev–Trinajstić information content (AvgIpc) is 2.86. The predicted octanol–water partition coefficient (Wildman–Crippen LogP) is 4.76. The number of fused-ring (bicyclic) bond motifs is 3. The molecule has 2 aromatic rings. The lowest BCUT2D eigenvalue weighted by atomic mass is 9.91. The molecule has 1 unspecified atom stereocenters. The van der Waals surface area contributed by atoms with Gasteiger partial charge in [0.1, 0.15) is 0 Å². The lowest BCUT2D eigenvalue weighted by Crippen LogP contribution is -1.95. The van der Waals surface area contributed by atoms with E-state index in [1.165, 1.54) is 27.8 Å². The van der Waals surface area contributed by atoms with Crippen LogP contribution >= 0.6 is 0 Å². The molecule has 2 aliphatic rings. The first-order valence-electron chi connectivity index (χ1n) is 6.60. The van der Waals surface area contributed by atoms with Crippen molar-refractivity contribution < 1.29 is 0 Å². The quantitative estimate of drug-likeness (QED) is 0.675. The van der Waals surface area contributed by atoms with Crippen LogP contribution in [0.4, 0.5) is 0 Å². The van der Waals surface area contributed by atoms with Gasteiger partial charge in [-0.3, -0.25) is 0 Å². The van der Waals surface area contributed by atoms with Crippen LogP contribution in [-0.2, 0) is 0 Å². The summed E-state index contributed by atoms with van der Waals surface area (Å²) in [4.78, 5) is 0. The molecule has 2 aliphatic carbocycles. The Morgan fingerprint density at radius 3 is 2.68 bits per heavy atom. The molecule has 0 saturated heterocycles. The van der Waals surface area contributed by atoms with Crippen LogP contribution in [0.5, 0.6) is 0 Å². The van der Waals surface area contributed by atoms with E-state index in [4.69, 9.17) is 0 Å². The minimum Gasteiger partial charge on any atom is -0.0726 e. The van der Waals surface area contributed by atoms with Gasteiger partial charge in [-0.25, -0.2) is 0 Å². The normalized spacial score (nSPS) is 18.9. The Morgan fingerprint density at radius 1 is 0.895 bits per heavy atom. The molecule has 0 nitrogen and oxygen atoms in total. The van der Waals surface area contributed by atoms with Crippen molar-refractivity contribution in [2.24, 2.45) is 0 Å². The van der Waals surface area contributed by atoms with Gasteiger partial charge in [-0.1, -0.05) is 66.8 Å². The summed E-state index contributed by atoms with van der Waals surface area (Å²) < 4.78 is 0. The van der Waals surface area contributed by atoms with Crippen molar-refractivity contribution >= 4 is 6.08 Å². The van der Waals surface area contributed by atoms with Gasteiger partial charge >= 0.3 is 0 Å². The Bertz CT molecular complexity index is 715. The fourth-order valence-electron chi connectivity index (χ4n) is 2.84. The lowest BCUT2D eigenvalue weighted by Gasteiger charge is -2.12. The summed E-state index contributed by atoms with van der Waals surface area (Å²) in [5.41, 5.74) is 6.37. The molecule has 0 heteroatoms. The van der Waals surface area contributed by atoms with Gasteiger partial charge in [0.05, 0.1) is 0 Å². The molecule has 0 fully saturated rings. The zero-order valence-electron chi connectivity index (χ0n) is 10.5. The van der Waals surface area contributed by atoms with Gasteiger partial charge in [0, 0.05) is 5.92 Å². The maximum Gasteiger partial charge on any atom is 0.0278 e. The van der Waals surface area contributed by atoms with E-state index in [1.54, 1.807) is 0 Å². The maximum atomic E-state index is 3.55. The van der Waals surface area contributed by atoms with Crippen LogP contribution in [0.1, 0.15) is 17.0 Å². The summed E-state index contributed by atoms with van der Waals surface area (Å²) in [6, 6.07) is 18.4. The third-order valence-corrected chi connectivity index (χ3v) is 3.80. The first-order valence-corrected chi connectivity index (χ1v) is 6.60. The smallest absolute Gasteiger partial charge is 0.0278 e. The summed E-state index contributed by atoms with van der Waals surface area (Å²) in [5.74, 6) is 0.432. The fourth-order valence-corrected chi connectivity index (χ4v) is 2.84. The zero-order chi connectivity index (χ0) is 12.7.